The maximum atomic E-state index is 13.2. The predicted octanol–water partition coefficient (Wildman–Crippen LogP) is 6.41. The Balaban J connectivity index is 1.23. The number of piperidine rings is 1. The van der Waals surface area contributed by atoms with Crippen molar-refractivity contribution >= 4 is 40.8 Å². The second kappa shape index (κ2) is 11.0. The third-order valence-electron chi connectivity index (χ3n) is 10.5. The van der Waals surface area contributed by atoms with Crippen LogP contribution >= 0.6 is 23.2 Å². The quantitative estimate of drug-likeness (QED) is 0.316. The van der Waals surface area contributed by atoms with Gasteiger partial charge in [-0.3, -0.25) is 4.79 Å². The maximum Gasteiger partial charge on any atom is 0.338 e. The van der Waals surface area contributed by atoms with Crippen molar-refractivity contribution in [3.8, 4) is 0 Å². The van der Waals surface area contributed by atoms with Crippen LogP contribution in [-0.4, -0.2) is 48.4 Å². The predicted molar refractivity (Wildman–Crippen MR) is 149 cm³/mol. The van der Waals surface area contributed by atoms with Gasteiger partial charge >= 0.3 is 5.97 Å². The molecule has 37 heavy (non-hydrogen) atoms. The molecule has 3 aliphatic carbocycles. The highest BCUT2D eigenvalue weighted by Gasteiger charge is 2.58. The lowest BCUT2D eigenvalue weighted by molar-refractivity contribution is -0.142. The van der Waals surface area contributed by atoms with E-state index >= 15 is 0 Å². The van der Waals surface area contributed by atoms with Crippen molar-refractivity contribution in [3.63, 3.8) is 0 Å². The first-order valence-corrected chi connectivity index (χ1v) is 15.3. The number of carbonyl (C=O) groups excluding carboxylic acids is 2. The number of ether oxygens (including phenoxy) is 1. The van der Waals surface area contributed by atoms with Crippen LogP contribution in [0.4, 0.5) is 5.69 Å². The number of nitrogens with one attached hydrogen (secondary N) is 1. The first kappa shape index (κ1) is 27.1. The van der Waals surface area contributed by atoms with E-state index in [4.69, 9.17) is 27.9 Å². The van der Waals surface area contributed by atoms with E-state index in [-0.39, 0.29) is 23.5 Å². The number of hydrogen-bond acceptors (Lipinski definition) is 4. The number of anilines is 1. The summed E-state index contributed by atoms with van der Waals surface area (Å²) in [6.07, 6.45) is 9.44. The standard InChI is InChI=1S/C30H42Cl2N2O3/c1-29-12-10-23(37-28(36)20-4-3-5-22(18-20)34(16-14-31)17-15-32)19-21(29)6-7-24-25(29)11-13-30(2)26(24)8-9-27(35)33-30/h3-5,18,21,23-26H,6-17,19H2,1-2H3,(H,33,35)/t21-,23+,24+,25-,26-,29-,30-/m0/s1. The van der Waals surface area contributed by atoms with Crippen molar-refractivity contribution in [3.05, 3.63) is 29.8 Å². The van der Waals surface area contributed by atoms with Crippen molar-refractivity contribution in [1.29, 1.82) is 0 Å². The van der Waals surface area contributed by atoms with E-state index in [0.29, 0.717) is 65.9 Å². The molecular weight excluding hydrogens is 507 g/mol. The molecule has 1 aliphatic heterocycles. The van der Waals surface area contributed by atoms with Gasteiger partial charge in [-0.2, -0.15) is 0 Å². The molecule has 0 spiro atoms. The molecule has 1 N–H and O–H groups in total. The fourth-order valence-electron chi connectivity index (χ4n) is 8.62. The van der Waals surface area contributed by atoms with E-state index in [1.54, 1.807) is 0 Å². The Kier molecular flexibility index (Phi) is 8.03. The van der Waals surface area contributed by atoms with Gasteiger partial charge < -0.3 is 15.0 Å². The number of fused-ring (bicyclic) bond motifs is 5. The second-order valence-electron chi connectivity index (χ2n) is 12.4. The van der Waals surface area contributed by atoms with Crippen molar-refractivity contribution in [2.45, 2.75) is 83.3 Å². The molecule has 1 saturated heterocycles. The van der Waals surface area contributed by atoms with Gasteiger partial charge in [-0.15, -0.1) is 23.2 Å². The molecule has 7 atom stereocenters. The van der Waals surface area contributed by atoms with Gasteiger partial charge in [-0.05, 0) is 106 Å². The highest BCUT2D eigenvalue weighted by atomic mass is 35.5. The van der Waals surface area contributed by atoms with Crippen LogP contribution in [0.15, 0.2) is 24.3 Å². The Bertz CT molecular complexity index is 999. The number of amides is 1. The molecule has 5 rings (SSSR count). The van der Waals surface area contributed by atoms with E-state index in [9.17, 15) is 9.59 Å². The Hall–Kier alpha value is -1.46. The molecule has 0 radical (unpaired) electrons. The molecule has 1 heterocycles. The van der Waals surface area contributed by atoms with Gasteiger partial charge in [0, 0.05) is 42.5 Å². The summed E-state index contributed by atoms with van der Waals surface area (Å²) < 4.78 is 6.12. The number of alkyl halides is 2. The number of nitrogens with zero attached hydrogens (tertiary/aromatic N) is 1. The van der Waals surface area contributed by atoms with E-state index in [2.05, 4.69) is 24.1 Å². The third-order valence-corrected chi connectivity index (χ3v) is 10.9. The van der Waals surface area contributed by atoms with Crippen molar-refractivity contribution in [2.24, 2.45) is 29.1 Å². The minimum atomic E-state index is -0.229. The number of carbonyl (C=O) groups is 2. The zero-order valence-electron chi connectivity index (χ0n) is 22.3. The number of esters is 1. The molecule has 7 heteroatoms. The van der Waals surface area contributed by atoms with Gasteiger partial charge in [-0.1, -0.05) is 13.0 Å². The van der Waals surface area contributed by atoms with Crippen molar-refractivity contribution in [2.75, 3.05) is 29.7 Å². The minimum absolute atomic E-state index is 0.0182. The molecule has 1 amide bonds. The van der Waals surface area contributed by atoms with E-state index < -0.39 is 0 Å². The first-order valence-electron chi connectivity index (χ1n) is 14.3. The molecule has 5 nitrogen and oxygen atoms in total. The Morgan fingerprint density at radius 2 is 1.84 bits per heavy atom. The molecule has 0 unspecified atom stereocenters. The van der Waals surface area contributed by atoms with Crippen LogP contribution in [0.1, 0.15) is 82.0 Å². The molecule has 4 fully saturated rings. The van der Waals surface area contributed by atoms with Gasteiger partial charge in [0.2, 0.25) is 5.91 Å². The summed E-state index contributed by atoms with van der Waals surface area (Å²) in [6.45, 7) is 6.17. The number of hydrogen-bond donors (Lipinski definition) is 1. The fourth-order valence-corrected chi connectivity index (χ4v) is 9.03. The molecule has 4 aliphatic rings. The summed E-state index contributed by atoms with van der Waals surface area (Å²) >= 11 is 12.0. The van der Waals surface area contributed by atoms with Crippen LogP contribution in [0.3, 0.4) is 0 Å². The number of rotatable bonds is 7. The normalized spacial score (nSPS) is 37.0. The highest BCUT2D eigenvalue weighted by Crippen LogP contribution is 2.62. The van der Waals surface area contributed by atoms with Crippen LogP contribution in [-0.2, 0) is 9.53 Å². The Morgan fingerprint density at radius 1 is 1.05 bits per heavy atom. The summed E-state index contributed by atoms with van der Waals surface area (Å²) in [5.74, 6) is 3.62. The second-order valence-corrected chi connectivity index (χ2v) is 13.2. The van der Waals surface area contributed by atoms with Crippen LogP contribution in [0.2, 0.25) is 0 Å². The maximum absolute atomic E-state index is 13.2. The summed E-state index contributed by atoms with van der Waals surface area (Å²) in [7, 11) is 0. The average Bonchev–Trinajstić information content (AvgIpc) is 2.88. The van der Waals surface area contributed by atoms with E-state index in [0.717, 1.165) is 37.8 Å². The van der Waals surface area contributed by atoms with Crippen LogP contribution < -0.4 is 10.2 Å². The zero-order chi connectivity index (χ0) is 26.2. The highest BCUT2D eigenvalue weighted by molar-refractivity contribution is 6.18. The summed E-state index contributed by atoms with van der Waals surface area (Å²) in [5.41, 5.74) is 1.82. The molecule has 0 bridgehead atoms. The molecule has 204 valence electrons. The van der Waals surface area contributed by atoms with Gasteiger partial charge in [0.25, 0.3) is 0 Å². The minimum Gasteiger partial charge on any atom is -0.459 e. The van der Waals surface area contributed by atoms with E-state index in [1.807, 2.05) is 24.3 Å². The topological polar surface area (TPSA) is 58.6 Å². The van der Waals surface area contributed by atoms with Gasteiger partial charge in [0.05, 0.1) is 5.56 Å². The van der Waals surface area contributed by atoms with Crippen LogP contribution in [0.5, 0.6) is 0 Å². The van der Waals surface area contributed by atoms with Crippen LogP contribution in [0.25, 0.3) is 0 Å². The monoisotopic (exact) mass is 548 g/mol. The van der Waals surface area contributed by atoms with Gasteiger partial charge in [0.15, 0.2) is 0 Å². The summed E-state index contributed by atoms with van der Waals surface area (Å²) in [4.78, 5) is 27.4. The molecular formula is C30H42Cl2N2O3. The summed E-state index contributed by atoms with van der Waals surface area (Å²) in [6, 6.07) is 7.64. The Morgan fingerprint density at radius 3 is 2.59 bits per heavy atom. The summed E-state index contributed by atoms with van der Waals surface area (Å²) in [5, 5.41) is 3.37. The van der Waals surface area contributed by atoms with Crippen molar-refractivity contribution < 1.29 is 14.3 Å². The number of halogens is 2. The largest absolute Gasteiger partial charge is 0.459 e. The lowest BCUT2D eigenvalue weighted by Crippen LogP contribution is -2.63. The molecule has 0 aromatic heterocycles. The first-order chi connectivity index (χ1) is 17.8. The lowest BCUT2D eigenvalue weighted by Gasteiger charge is -2.62. The van der Waals surface area contributed by atoms with Crippen molar-refractivity contribution in [1.82, 2.24) is 5.32 Å². The molecule has 1 aromatic carbocycles. The average molecular weight is 550 g/mol. The third kappa shape index (κ3) is 5.24. The fraction of sp³-hybridized carbons (Fsp3) is 0.733. The lowest BCUT2D eigenvalue weighted by atomic mass is 9.45. The molecule has 1 aromatic rings. The SMILES string of the molecule is C[C@]12CC[C@@H](OC(=O)c3cccc(N(CCCl)CCCl)c3)C[C@@H]1CC[C@@H]1[C@@H]2CC[C@]2(C)NC(=O)CC[C@@H]12. The van der Waals surface area contributed by atoms with Gasteiger partial charge in [0.1, 0.15) is 6.10 Å². The number of benzene rings is 1. The molecule has 3 saturated carbocycles. The Labute approximate surface area is 232 Å². The van der Waals surface area contributed by atoms with Gasteiger partial charge in [-0.25, -0.2) is 4.79 Å². The smallest absolute Gasteiger partial charge is 0.338 e. The zero-order valence-corrected chi connectivity index (χ0v) is 23.8. The van der Waals surface area contributed by atoms with Crippen LogP contribution in [0, 0.1) is 29.1 Å². The van der Waals surface area contributed by atoms with E-state index in [1.165, 1.54) is 19.3 Å².